The molecule has 1 aliphatic rings. The quantitative estimate of drug-likeness (QED) is 0.806. The molecule has 138 valence electrons. The lowest BCUT2D eigenvalue weighted by Crippen LogP contribution is -2.46. The maximum atomic E-state index is 13.0. The van der Waals surface area contributed by atoms with Crippen LogP contribution in [0.3, 0.4) is 0 Å². The van der Waals surface area contributed by atoms with E-state index in [1.807, 2.05) is 0 Å². The zero-order chi connectivity index (χ0) is 18.7. The zero-order valence-corrected chi connectivity index (χ0v) is 15.3. The van der Waals surface area contributed by atoms with Gasteiger partial charge in [-0.25, -0.2) is 12.8 Å². The van der Waals surface area contributed by atoms with Crippen LogP contribution >= 0.6 is 0 Å². The summed E-state index contributed by atoms with van der Waals surface area (Å²) in [4.78, 5) is 14.5. The Hall–Kier alpha value is -2.25. The Morgan fingerprint density at radius 2 is 1.81 bits per heavy atom. The predicted octanol–water partition coefficient (Wildman–Crippen LogP) is 2.64. The number of sulfonamides is 1. The van der Waals surface area contributed by atoms with Crippen molar-refractivity contribution in [3.63, 3.8) is 0 Å². The molecule has 0 saturated carbocycles. The van der Waals surface area contributed by atoms with Crippen molar-refractivity contribution in [3.8, 4) is 0 Å². The molecule has 7 heteroatoms. The van der Waals surface area contributed by atoms with Gasteiger partial charge < -0.3 is 4.90 Å². The van der Waals surface area contributed by atoms with Crippen LogP contribution in [0.15, 0.2) is 59.5 Å². The molecule has 26 heavy (non-hydrogen) atoms. The van der Waals surface area contributed by atoms with E-state index < -0.39 is 16.1 Å². The monoisotopic (exact) mass is 376 g/mol. The van der Waals surface area contributed by atoms with Crippen molar-refractivity contribution in [1.82, 2.24) is 9.21 Å². The molecular formula is C19H21FN2O3S. The number of rotatable bonds is 5. The van der Waals surface area contributed by atoms with E-state index >= 15 is 0 Å². The number of carbonyl (C=O) groups excluding carboxylic acids is 1. The Kier molecular flexibility index (Phi) is 5.38. The number of amides is 1. The van der Waals surface area contributed by atoms with Crippen LogP contribution < -0.4 is 0 Å². The second-order valence-electron chi connectivity index (χ2n) is 6.41. The molecule has 3 rings (SSSR count). The average Bonchev–Trinajstić information content (AvgIpc) is 3.14. The molecule has 1 unspecified atom stereocenters. The van der Waals surface area contributed by atoms with Gasteiger partial charge in [-0.05, 0) is 42.7 Å². The molecule has 1 amide bonds. The van der Waals surface area contributed by atoms with E-state index in [-0.39, 0.29) is 16.6 Å². The molecule has 1 aliphatic heterocycles. The molecule has 1 heterocycles. The first-order valence-electron chi connectivity index (χ1n) is 8.46. The van der Waals surface area contributed by atoms with Crippen molar-refractivity contribution >= 4 is 15.9 Å². The van der Waals surface area contributed by atoms with Crippen LogP contribution in [0.25, 0.3) is 0 Å². The first-order chi connectivity index (χ1) is 12.4. The highest BCUT2D eigenvalue weighted by atomic mass is 32.2. The molecule has 0 bridgehead atoms. The van der Waals surface area contributed by atoms with Gasteiger partial charge in [-0.1, -0.05) is 30.3 Å². The van der Waals surface area contributed by atoms with Gasteiger partial charge >= 0.3 is 0 Å². The topological polar surface area (TPSA) is 57.7 Å². The number of benzene rings is 2. The van der Waals surface area contributed by atoms with Gasteiger partial charge in [0.2, 0.25) is 15.9 Å². The summed E-state index contributed by atoms with van der Waals surface area (Å²) in [5.74, 6) is -0.579. The van der Waals surface area contributed by atoms with Crippen molar-refractivity contribution in [2.45, 2.75) is 30.3 Å². The van der Waals surface area contributed by atoms with Gasteiger partial charge in [0.25, 0.3) is 0 Å². The highest BCUT2D eigenvalue weighted by Crippen LogP contribution is 2.27. The lowest BCUT2D eigenvalue weighted by atomic mass is 10.1. The molecule has 5 nitrogen and oxygen atoms in total. The molecule has 0 radical (unpaired) electrons. The maximum Gasteiger partial charge on any atom is 0.243 e. The second kappa shape index (κ2) is 7.55. The minimum atomic E-state index is -3.71. The van der Waals surface area contributed by atoms with Crippen LogP contribution in [-0.2, 0) is 21.4 Å². The number of hydrogen-bond acceptors (Lipinski definition) is 3. The molecule has 1 saturated heterocycles. The average molecular weight is 376 g/mol. The van der Waals surface area contributed by atoms with E-state index in [1.165, 1.54) is 33.5 Å². The summed E-state index contributed by atoms with van der Waals surface area (Å²) in [5.41, 5.74) is 0.790. The van der Waals surface area contributed by atoms with Gasteiger partial charge in [-0.3, -0.25) is 4.79 Å². The maximum absolute atomic E-state index is 13.0. The van der Waals surface area contributed by atoms with Crippen LogP contribution in [0.1, 0.15) is 18.4 Å². The first-order valence-corrected chi connectivity index (χ1v) is 9.90. The SMILES string of the molecule is CN(Cc1ccc(F)cc1)C(=O)C1CCCN1S(=O)(=O)c1ccccc1. The third kappa shape index (κ3) is 3.78. The summed E-state index contributed by atoms with van der Waals surface area (Å²) < 4.78 is 40.1. The van der Waals surface area contributed by atoms with Crippen molar-refractivity contribution in [2.24, 2.45) is 0 Å². The fourth-order valence-electron chi connectivity index (χ4n) is 3.20. The van der Waals surface area contributed by atoms with Gasteiger partial charge in [-0.15, -0.1) is 0 Å². The molecule has 1 fully saturated rings. The van der Waals surface area contributed by atoms with Crippen molar-refractivity contribution < 1.29 is 17.6 Å². The molecule has 0 spiro atoms. The Labute approximate surface area is 153 Å². The summed E-state index contributed by atoms with van der Waals surface area (Å²) in [6, 6.07) is 13.4. The highest BCUT2D eigenvalue weighted by Gasteiger charge is 2.40. The fourth-order valence-corrected chi connectivity index (χ4v) is 4.87. The molecular weight excluding hydrogens is 355 g/mol. The number of carbonyl (C=O) groups is 1. The first kappa shape index (κ1) is 18.5. The lowest BCUT2D eigenvalue weighted by Gasteiger charge is -2.27. The van der Waals surface area contributed by atoms with Crippen molar-refractivity contribution in [1.29, 1.82) is 0 Å². The third-order valence-electron chi connectivity index (χ3n) is 4.55. The molecule has 2 aromatic rings. The molecule has 0 N–H and O–H groups in total. The third-order valence-corrected chi connectivity index (χ3v) is 6.47. The van der Waals surface area contributed by atoms with E-state index in [0.29, 0.717) is 25.9 Å². The van der Waals surface area contributed by atoms with E-state index in [2.05, 4.69) is 0 Å². The van der Waals surface area contributed by atoms with Gasteiger partial charge in [0.1, 0.15) is 11.9 Å². The largest absolute Gasteiger partial charge is 0.340 e. The minimum absolute atomic E-state index is 0.195. The van der Waals surface area contributed by atoms with Gasteiger partial charge in [0.15, 0.2) is 0 Å². The molecule has 0 aliphatic carbocycles. The number of nitrogens with zero attached hydrogens (tertiary/aromatic N) is 2. The van der Waals surface area contributed by atoms with Gasteiger partial charge in [0.05, 0.1) is 4.90 Å². The zero-order valence-electron chi connectivity index (χ0n) is 14.5. The second-order valence-corrected chi connectivity index (χ2v) is 8.30. The van der Waals surface area contributed by atoms with Crippen LogP contribution in [0.2, 0.25) is 0 Å². The van der Waals surface area contributed by atoms with Gasteiger partial charge in [0, 0.05) is 20.1 Å². The van der Waals surface area contributed by atoms with E-state index in [4.69, 9.17) is 0 Å². The van der Waals surface area contributed by atoms with Crippen LogP contribution in [0, 0.1) is 5.82 Å². The summed E-state index contributed by atoms with van der Waals surface area (Å²) in [6.45, 7) is 0.632. The summed E-state index contributed by atoms with van der Waals surface area (Å²) in [7, 11) is -2.07. The summed E-state index contributed by atoms with van der Waals surface area (Å²) >= 11 is 0. The molecule has 1 atom stereocenters. The van der Waals surface area contributed by atoms with E-state index in [1.54, 1.807) is 37.4 Å². The van der Waals surface area contributed by atoms with Crippen LogP contribution in [-0.4, -0.2) is 43.2 Å². The summed E-state index contributed by atoms with van der Waals surface area (Å²) in [6.07, 6.45) is 1.14. The number of halogens is 1. The normalized spacial score (nSPS) is 18.0. The van der Waals surface area contributed by atoms with Crippen molar-refractivity contribution in [3.05, 3.63) is 66.0 Å². The van der Waals surface area contributed by atoms with Crippen LogP contribution in [0.5, 0.6) is 0 Å². The van der Waals surface area contributed by atoms with E-state index in [9.17, 15) is 17.6 Å². The van der Waals surface area contributed by atoms with Gasteiger partial charge in [-0.2, -0.15) is 4.31 Å². The Morgan fingerprint density at radius 3 is 2.46 bits per heavy atom. The molecule has 0 aromatic heterocycles. The standard InChI is InChI=1S/C19H21FN2O3S/c1-21(14-15-9-11-16(20)12-10-15)19(23)18-8-5-13-22(18)26(24,25)17-6-3-2-4-7-17/h2-4,6-7,9-12,18H,5,8,13-14H2,1H3. The number of hydrogen-bond donors (Lipinski definition) is 0. The Bertz CT molecular complexity index is 869. The number of likely N-dealkylation sites (N-methyl/N-ethyl adjacent to an activating group) is 1. The van der Waals surface area contributed by atoms with Crippen molar-refractivity contribution in [2.75, 3.05) is 13.6 Å². The van der Waals surface area contributed by atoms with E-state index in [0.717, 1.165) is 5.56 Å². The predicted molar refractivity (Wildman–Crippen MR) is 96.2 cm³/mol. The summed E-state index contributed by atoms with van der Waals surface area (Å²) in [5, 5.41) is 0. The van der Waals surface area contributed by atoms with Crippen LogP contribution in [0.4, 0.5) is 4.39 Å². The Balaban J connectivity index is 1.76. The molecule has 2 aromatic carbocycles. The fraction of sp³-hybridized carbons (Fsp3) is 0.316. The smallest absolute Gasteiger partial charge is 0.243 e. The Morgan fingerprint density at radius 1 is 1.15 bits per heavy atom. The minimum Gasteiger partial charge on any atom is -0.340 e. The highest BCUT2D eigenvalue weighted by molar-refractivity contribution is 7.89. The lowest BCUT2D eigenvalue weighted by molar-refractivity contribution is -0.133.